The van der Waals surface area contributed by atoms with Crippen LogP contribution in [0.3, 0.4) is 0 Å². The zero-order chi connectivity index (χ0) is 11.0. The number of hydrogen-bond donors (Lipinski definition) is 1. The summed E-state index contributed by atoms with van der Waals surface area (Å²) in [5.41, 5.74) is 3.43. The Bertz CT molecular complexity index is 359. The van der Waals surface area contributed by atoms with Gasteiger partial charge in [-0.1, -0.05) is 31.2 Å². The first-order valence-electron chi connectivity index (χ1n) is 6.13. The zero-order valence-corrected chi connectivity index (χ0v) is 9.83. The Morgan fingerprint density at radius 3 is 2.38 bits per heavy atom. The van der Waals surface area contributed by atoms with E-state index in [1.807, 2.05) is 0 Å². The van der Waals surface area contributed by atoms with Gasteiger partial charge in [0.2, 0.25) is 0 Å². The summed E-state index contributed by atoms with van der Waals surface area (Å²) in [7, 11) is 0. The fourth-order valence-corrected chi connectivity index (χ4v) is 2.65. The van der Waals surface area contributed by atoms with Crippen molar-refractivity contribution in [1.29, 1.82) is 0 Å². The molecular formula is C14H19NO. The van der Waals surface area contributed by atoms with Crippen LogP contribution in [0.2, 0.25) is 0 Å². The highest BCUT2D eigenvalue weighted by Crippen LogP contribution is 2.27. The second-order valence-electron chi connectivity index (χ2n) is 5.56. The molecule has 0 amide bonds. The summed E-state index contributed by atoms with van der Waals surface area (Å²) in [5, 5.41) is 3.69. The number of nitrogens with one attached hydrogen (secondary N) is 1. The first kappa shape index (κ1) is 10.3. The van der Waals surface area contributed by atoms with Gasteiger partial charge in [0.15, 0.2) is 0 Å². The van der Waals surface area contributed by atoms with E-state index < -0.39 is 0 Å². The molecule has 1 aliphatic heterocycles. The predicted octanol–water partition coefficient (Wildman–Crippen LogP) is 1.78. The molecule has 0 unspecified atom stereocenters. The van der Waals surface area contributed by atoms with E-state index in [2.05, 4.69) is 36.5 Å². The smallest absolute Gasteiger partial charge is 0.0554 e. The van der Waals surface area contributed by atoms with Crippen LogP contribution in [-0.2, 0) is 17.6 Å². The van der Waals surface area contributed by atoms with Gasteiger partial charge in [-0.3, -0.25) is 0 Å². The normalized spacial score (nSPS) is 22.8. The van der Waals surface area contributed by atoms with Crippen LogP contribution in [-0.4, -0.2) is 25.8 Å². The first-order valence-corrected chi connectivity index (χ1v) is 6.13. The van der Waals surface area contributed by atoms with Crippen LogP contribution >= 0.6 is 0 Å². The molecule has 86 valence electrons. The van der Waals surface area contributed by atoms with Gasteiger partial charge in [0.05, 0.1) is 13.2 Å². The van der Waals surface area contributed by atoms with Crippen LogP contribution in [0, 0.1) is 5.41 Å². The second-order valence-corrected chi connectivity index (χ2v) is 5.56. The molecule has 0 saturated carbocycles. The maximum atomic E-state index is 5.27. The molecule has 1 saturated heterocycles. The van der Waals surface area contributed by atoms with E-state index in [0.717, 1.165) is 19.8 Å². The van der Waals surface area contributed by atoms with Crippen molar-refractivity contribution in [3.8, 4) is 0 Å². The fraction of sp³-hybridized carbons (Fsp3) is 0.571. The van der Waals surface area contributed by atoms with Gasteiger partial charge in [0.1, 0.15) is 0 Å². The summed E-state index contributed by atoms with van der Waals surface area (Å²) in [6.45, 7) is 5.22. The molecule has 1 aromatic rings. The Balaban J connectivity index is 1.56. The third-order valence-electron chi connectivity index (χ3n) is 3.77. The van der Waals surface area contributed by atoms with Crippen LogP contribution in [0.5, 0.6) is 0 Å². The minimum Gasteiger partial charge on any atom is -0.380 e. The maximum Gasteiger partial charge on any atom is 0.0554 e. The Hall–Kier alpha value is -0.860. The maximum absolute atomic E-state index is 5.27. The molecule has 16 heavy (non-hydrogen) atoms. The topological polar surface area (TPSA) is 21.3 Å². The van der Waals surface area contributed by atoms with Crippen molar-refractivity contribution in [2.24, 2.45) is 5.41 Å². The molecule has 1 aromatic carbocycles. The SMILES string of the molecule is CC1(CNC2Cc3ccccc3C2)COC1. The molecule has 1 heterocycles. The Morgan fingerprint density at radius 1 is 1.25 bits per heavy atom. The van der Waals surface area contributed by atoms with Crippen LogP contribution < -0.4 is 5.32 Å². The molecule has 3 rings (SSSR count). The van der Waals surface area contributed by atoms with E-state index in [4.69, 9.17) is 4.74 Å². The average molecular weight is 217 g/mol. The number of fused-ring (bicyclic) bond motifs is 1. The quantitative estimate of drug-likeness (QED) is 0.833. The van der Waals surface area contributed by atoms with E-state index in [1.54, 1.807) is 0 Å². The molecule has 2 nitrogen and oxygen atoms in total. The summed E-state index contributed by atoms with van der Waals surface area (Å²) in [4.78, 5) is 0. The van der Waals surface area contributed by atoms with Gasteiger partial charge in [0.25, 0.3) is 0 Å². The summed E-state index contributed by atoms with van der Waals surface area (Å²) < 4.78 is 5.27. The molecule has 2 aliphatic rings. The molecule has 1 N–H and O–H groups in total. The zero-order valence-electron chi connectivity index (χ0n) is 9.83. The largest absolute Gasteiger partial charge is 0.380 e. The molecule has 0 aromatic heterocycles. The summed E-state index contributed by atoms with van der Waals surface area (Å²) in [6, 6.07) is 9.43. The first-order chi connectivity index (χ1) is 7.75. The Kier molecular flexibility index (Phi) is 2.49. The molecule has 1 aliphatic carbocycles. The lowest BCUT2D eigenvalue weighted by Crippen LogP contribution is -2.49. The van der Waals surface area contributed by atoms with E-state index >= 15 is 0 Å². The Morgan fingerprint density at radius 2 is 1.88 bits per heavy atom. The van der Waals surface area contributed by atoms with Crippen molar-refractivity contribution in [1.82, 2.24) is 5.32 Å². The van der Waals surface area contributed by atoms with Crippen LogP contribution in [0.25, 0.3) is 0 Å². The molecule has 0 spiro atoms. The van der Waals surface area contributed by atoms with Crippen LogP contribution in [0.4, 0.5) is 0 Å². The standard InChI is InChI=1S/C14H19NO/c1-14(9-16-10-14)8-15-13-6-11-4-2-3-5-12(11)7-13/h2-5,13,15H,6-10H2,1H3. The van der Waals surface area contributed by atoms with Crippen LogP contribution in [0.1, 0.15) is 18.1 Å². The second kappa shape index (κ2) is 3.86. The molecule has 1 fully saturated rings. The van der Waals surface area contributed by atoms with Gasteiger partial charge in [-0.2, -0.15) is 0 Å². The van der Waals surface area contributed by atoms with E-state index in [9.17, 15) is 0 Å². The summed E-state index contributed by atoms with van der Waals surface area (Å²) >= 11 is 0. The highest BCUT2D eigenvalue weighted by atomic mass is 16.5. The van der Waals surface area contributed by atoms with Gasteiger partial charge in [0, 0.05) is 18.0 Å². The van der Waals surface area contributed by atoms with E-state index in [0.29, 0.717) is 11.5 Å². The third-order valence-corrected chi connectivity index (χ3v) is 3.77. The number of benzene rings is 1. The Labute approximate surface area is 97.0 Å². The molecule has 0 bridgehead atoms. The van der Waals surface area contributed by atoms with Gasteiger partial charge >= 0.3 is 0 Å². The van der Waals surface area contributed by atoms with Crippen molar-refractivity contribution >= 4 is 0 Å². The van der Waals surface area contributed by atoms with Crippen molar-refractivity contribution in [2.45, 2.75) is 25.8 Å². The lowest BCUT2D eigenvalue weighted by molar-refractivity contribution is -0.0999. The number of ether oxygens (including phenoxy) is 1. The van der Waals surface area contributed by atoms with Gasteiger partial charge in [-0.05, 0) is 24.0 Å². The summed E-state index contributed by atoms with van der Waals surface area (Å²) in [5.74, 6) is 0. The molecule has 0 atom stereocenters. The van der Waals surface area contributed by atoms with E-state index in [1.165, 1.54) is 24.0 Å². The summed E-state index contributed by atoms with van der Waals surface area (Å²) in [6.07, 6.45) is 2.38. The van der Waals surface area contributed by atoms with Crippen molar-refractivity contribution in [3.05, 3.63) is 35.4 Å². The monoisotopic (exact) mass is 217 g/mol. The molecular weight excluding hydrogens is 198 g/mol. The van der Waals surface area contributed by atoms with Crippen molar-refractivity contribution < 1.29 is 4.74 Å². The van der Waals surface area contributed by atoms with Gasteiger partial charge in [-0.15, -0.1) is 0 Å². The minimum absolute atomic E-state index is 0.384. The minimum atomic E-state index is 0.384. The molecule has 2 heteroatoms. The number of rotatable bonds is 3. The van der Waals surface area contributed by atoms with E-state index in [-0.39, 0.29) is 0 Å². The lowest BCUT2D eigenvalue weighted by Gasteiger charge is -2.39. The van der Waals surface area contributed by atoms with Gasteiger partial charge < -0.3 is 10.1 Å². The van der Waals surface area contributed by atoms with Gasteiger partial charge in [-0.25, -0.2) is 0 Å². The average Bonchev–Trinajstić information content (AvgIpc) is 2.66. The third kappa shape index (κ3) is 1.87. The number of hydrogen-bond acceptors (Lipinski definition) is 2. The fourth-order valence-electron chi connectivity index (χ4n) is 2.65. The van der Waals surface area contributed by atoms with Crippen LogP contribution in [0.15, 0.2) is 24.3 Å². The lowest BCUT2D eigenvalue weighted by atomic mass is 9.88. The highest BCUT2D eigenvalue weighted by Gasteiger charge is 2.34. The van der Waals surface area contributed by atoms with Crippen molar-refractivity contribution in [3.63, 3.8) is 0 Å². The highest BCUT2D eigenvalue weighted by molar-refractivity contribution is 5.33. The molecule has 0 radical (unpaired) electrons. The van der Waals surface area contributed by atoms with Crippen molar-refractivity contribution in [2.75, 3.05) is 19.8 Å². The predicted molar refractivity (Wildman–Crippen MR) is 64.6 cm³/mol.